The number of nitrogens with one attached hydrogen (secondary N) is 2. The molecule has 2 saturated heterocycles. The SMILES string of the molecule is CNC(C)C(=O)OC1CC(=O)N(C)c2cc(cc(OC)c2Cl)C/C(C)=C/C=C/C(OC)C2(O)CC(OC(=O)N2)C(C)C2OC12C. The predicted molar refractivity (Wildman–Crippen MR) is 167 cm³/mol. The number of methoxy groups -OCH3 is 2. The third-order valence-electron chi connectivity index (χ3n) is 9.00. The Hall–Kier alpha value is -3.16. The monoisotopic (exact) mass is 649 g/mol. The number of allylic oxidation sites excluding steroid dienone is 3. The van der Waals surface area contributed by atoms with Crippen molar-refractivity contribution in [3.05, 3.63) is 46.5 Å². The minimum atomic E-state index is -1.78. The smallest absolute Gasteiger partial charge is 0.409 e. The number of aliphatic hydroxyl groups is 1. The maximum Gasteiger partial charge on any atom is 0.409 e. The number of epoxide rings is 1. The van der Waals surface area contributed by atoms with Crippen molar-refractivity contribution < 1.29 is 43.2 Å². The molecule has 45 heavy (non-hydrogen) atoms. The number of nitrogens with zero attached hydrogens (tertiary/aromatic N) is 1. The molecule has 0 aromatic heterocycles. The Balaban J connectivity index is 1.80. The van der Waals surface area contributed by atoms with Gasteiger partial charge in [-0.05, 0) is 51.9 Å². The molecule has 12 nitrogen and oxygen atoms in total. The van der Waals surface area contributed by atoms with Gasteiger partial charge in [0, 0.05) is 26.5 Å². The minimum absolute atomic E-state index is 0.00553. The molecule has 1 aromatic rings. The maximum absolute atomic E-state index is 13.8. The van der Waals surface area contributed by atoms with E-state index in [1.807, 2.05) is 26.0 Å². The van der Waals surface area contributed by atoms with Crippen LogP contribution in [0.4, 0.5) is 10.5 Å². The molecule has 4 rings (SSSR count). The number of fused-ring (bicyclic) bond motifs is 5. The number of halogens is 1. The van der Waals surface area contributed by atoms with Gasteiger partial charge in [-0.15, -0.1) is 0 Å². The normalized spacial score (nSPS) is 34.8. The second-order valence-corrected chi connectivity index (χ2v) is 12.6. The third-order valence-corrected chi connectivity index (χ3v) is 9.38. The van der Waals surface area contributed by atoms with Crippen LogP contribution in [0.25, 0.3) is 0 Å². The molecule has 8 unspecified atom stereocenters. The molecule has 0 spiro atoms. The van der Waals surface area contributed by atoms with E-state index in [4.69, 9.17) is 35.3 Å². The van der Waals surface area contributed by atoms with Crippen molar-refractivity contribution in [2.75, 3.05) is 33.2 Å². The van der Waals surface area contributed by atoms with Crippen LogP contribution in [0.5, 0.6) is 5.75 Å². The maximum atomic E-state index is 13.8. The van der Waals surface area contributed by atoms with Crippen molar-refractivity contribution in [1.82, 2.24) is 10.6 Å². The Morgan fingerprint density at radius 1 is 1.29 bits per heavy atom. The number of hydrogen-bond acceptors (Lipinski definition) is 10. The number of carbonyl (C=O) groups excluding carboxylic acids is 3. The van der Waals surface area contributed by atoms with Gasteiger partial charge in [0.25, 0.3) is 0 Å². The third kappa shape index (κ3) is 7.30. The summed E-state index contributed by atoms with van der Waals surface area (Å²) in [5, 5.41) is 17.2. The molecule has 0 aliphatic carbocycles. The molecule has 3 N–H and O–H groups in total. The number of anilines is 1. The highest BCUT2D eigenvalue weighted by molar-refractivity contribution is 6.35. The van der Waals surface area contributed by atoms with Crippen molar-refractivity contribution in [3.63, 3.8) is 0 Å². The Morgan fingerprint density at radius 3 is 2.64 bits per heavy atom. The summed E-state index contributed by atoms with van der Waals surface area (Å²) in [4.78, 5) is 40.9. The van der Waals surface area contributed by atoms with Crippen LogP contribution in [0.1, 0.15) is 46.1 Å². The van der Waals surface area contributed by atoms with Crippen molar-refractivity contribution in [3.8, 4) is 5.75 Å². The van der Waals surface area contributed by atoms with Gasteiger partial charge in [0.1, 0.15) is 40.7 Å². The van der Waals surface area contributed by atoms with Gasteiger partial charge in [-0.2, -0.15) is 0 Å². The average molecular weight is 650 g/mol. The van der Waals surface area contributed by atoms with Crippen LogP contribution in [0, 0.1) is 5.92 Å². The van der Waals surface area contributed by atoms with Crippen molar-refractivity contribution in [1.29, 1.82) is 0 Å². The van der Waals surface area contributed by atoms with Gasteiger partial charge in [-0.1, -0.05) is 42.3 Å². The highest BCUT2D eigenvalue weighted by Gasteiger charge is 2.64. The van der Waals surface area contributed by atoms with Crippen LogP contribution in [-0.4, -0.2) is 93.2 Å². The lowest BCUT2D eigenvalue weighted by Gasteiger charge is -2.42. The fraction of sp³-hybridized carbons (Fsp3) is 0.594. The molecule has 1 aromatic carbocycles. The number of amides is 2. The summed E-state index contributed by atoms with van der Waals surface area (Å²) < 4.78 is 28.8. The topological polar surface area (TPSA) is 148 Å². The van der Waals surface area contributed by atoms with Gasteiger partial charge in [-0.3, -0.25) is 14.9 Å². The van der Waals surface area contributed by atoms with E-state index in [2.05, 4.69) is 10.6 Å². The Kier molecular flexibility index (Phi) is 10.6. The first kappa shape index (κ1) is 34.7. The van der Waals surface area contributed by atoms with E-state index in [1.54, 1.807) is 46.2 Å². The van der Waals surface area contributed by atoms with E-state index in [0.29, 0.717) is 17.9 Å². The van der Waals surface area contributed by atoms with Gasteiger partial charge in [0.2, 0.25) is 5.91 Å². The van der Waals surface area contributed by atoms with Crippen molar-refractivity contribution in [2.45, 2.75) is 88.7 Å². The zero-order valence-corrected chi connectivity index (χ0v) is 27.8. The number of hydrogen-bond donors (Lipinski definition) is 3. The molecule has 8 atom stereocenters. The highest BCUT2D eigenvalue weighted by atomic mass is 35.5. The Morgan fingerprint density at radius 2 is 2.00 bits per heavy atom. The second-order valence-electron chi connectivity index (χ2n) is 12.2. The second kappa shape index (κ2) is 13.7. The molecule has 3 heterocycles. The van der Waals surface area contributed by atoms with Crippen molar-refractivity contribution in [2.24, 2.45) is 5.92 Å². The molecule has 13 heteroatoms. The molecule has 3 aliphatic rings. The average Bonchev–Trinajstić information content (AvgIpc) is 3.69. The van der Waals surface area contributed by atoms with Gasteiger partial charge < -0.3 is 39.0 Å². The summed E-state index contributed by atoms with van der Waals surface area (Å²) in [6, 6.07) is 2.99. The van der Waals surface area contributed by atoms with E-state index < -0.39 is 59.8 Å². The van der Waals surface area contributed by atoms with E-state index in [1.165, 1.54) is 19.1 Å². The Bertz CT molecular complexity index is 1370. The van der Waals surface area contributed by atoms with Crippen LogP contribution < -0.4 is 20.3 Å². The van der Waals surface area contributed by atoms with Crippen LogP contribution >= 0.6 is 11.6 Å². The molecular weight excluding hydrogens is 606 g/mol. The van der Waals surface area contributed by atoms with E-state index in [-0.39, 0.29) is 23.8 Å². The quantitative estimate of drug-likeness (QED) is 0.321. The minimum Gasteiger partial charge on any atom is -0.495 e. The fourth-order valence-corrected chi connectivity index (χ4v) is 6.28. The molecule has 2 fully saturated rings. The van der Waals surface area contributed by atoms with Gasteiger partial charge in [-0.25, -0.2) is 4.79 Å². The Labute approximate surface area is 269 Å². The van der Waals surface area contributed by atoms with E-state index >= 15 is 0 Å². The van der Waals surface area contributed by atoms with Crippen molar-refractivity contribution >= 4 is 35.3 Å². The fourth-order valence-electron chi connectivity index (χ4n) is 5.97. The predicted octanol–water partition coefficient (Wildman–Crippen LogP) is 3.28. The summed E-state index contributed by atoms with van der Waals surface area (Å²) in [7, 11) is 6.18. The first-order chi connectivity index (χ1) is 21.2. The van der Waals surface area contributed by atoms with Crippen LogP contribution in [0.3, 0.4) is 0 Å². The molecule has 0 radical (unpaired) electrons. The highest BCUT2D eigenvalue weighted by Crippen LogP contribution is 2.49. The zero-order valence-electron chi connectivity index (χ0n) is 27.0. The number of benzene rings is 1. The largest absolute Gasteiger partial charge is 0.495 e. The van der Waals surface area contributed by atoms with Crippen LogP contribution in [-0.2, 0) is 35.0 Å². The summed E-state index contributed by atoms with van der Waals surface area (Å²) in [5.74, 6) is -0.974. The summed E-state index contributed by atoms with van der Waals surface area (Å²) in [6.07, 6.45) is 1.52. The van der Waals surface area contributed by atoms with Crippen LogP contribution in [0.15, 0.2) is 35.9 Å². The van der Waals surface area contributed by atoms with E-state index in [0.717, 1.165) is 11.1 Å². The first-order valence-electron chi connectivity index (χ1n) is 14.9. The number of esters is 1. The standard InChI is InChI=1S/C32H44ClN3O9/c1-17-10-9-11-24(42-8)32(40)16-23(43-30(39)35-32)18(2)28-31(4,45-28)25(44-29(38)19(3)34-5)15-26(37)36(6)21-13-20(12-17)14-22(41-7)27(21)33/h9-11,13-14,18-19,23-25,28,34,40H,12,15-16H2,1-8H3,(H,35,39)/b11-9+,17-10+. The van der Waals surface area contributed by atoms with E-state index in [9.17, 15) is 19.5 Å². The molecule has 3 aliphatic heterocycles. The van der Waals surface area contributed by atoms with Gasteiger partial charge in [0.05, 0.1) is 25.3 Å². The lowest BCUT2D eigenvalue weighted by atomic mass is 9.83. The lowest BCUT2D eigenvalue weighted by Crippen LogP contribution is -2.63. The van der Waals surface area contributed by atoms with Gasteiger partial charge in [0.15, 0.2) is 5.72 Å². The number of ether oxygens (including phenoxy) is 5. The molecule has 2 amide bonds. The zero-order chi connectivity index (χ0) is 33.3. The van der Waals surface area contributed by atoms with Crippen LogP contribution in [0.2, 0.25) is 5.02 Å². The van der Waals surface area contributed by atoms with Gasteiger partial charge >= 0.3 is 12.1 Å². The summed E-state index contributed by atoms with van der Waals surface area (Å²) in [6.45, 7) is 7.17. The molecular formula is C32H44ClN3O9. The molecule has 0 saturated carbocycles. The number of carbonyl (C=O) groups is 3. The lowest BCUT2D eigenvalue weighted by molar-refractivity contribution is -0.155. The number of likely N-dealkylation sites (N-methyl/N-ethyl adjacent to an activating group) is 1. The molecule has 4 bridgehead atoms. The molecule has 248 valence electrons. The summed E-state index contributed by atoms with van der Waals surface area (Å²) in [5.41, 5.74) is -0.646. The summed E-state index contributed by atoms with van der Waals surface area (Å²) >= 11 is 6.69. The number of rotatable bonds is 5. The first-order valence-corrected chi connectivity index (χ1v) is 15.3. The number of alkyl carbamates (subject to hydrolysis) is 1.